The van der Waals surface area contributed by atoms with Crippen LogP contribution in [-0.2, 0) is 9.59 Å². The van der Waals surface area contributed by atoms with Crippen LogP contribution in [-0.4, -0.2) is 39.4 Å². The molecule has 1 aromatic carbocycles. The number of hydrogen-bond donors (Lipinski definition) is 2. The normalized spacial score (nSPS) is 16.6. The molecule has 2 rings (SSSR count). The highest BCUT2D eigenvalue weighted by Crippen LogP contribution is 2.19. The fraction of sp³-hybridized carbons (Fsp3) is 0.214. The van der Waals surface area contributed by atoms with E-state index < -0.39 is 5.97 Å². The van der Waals surface area contributed by atoms with Crippen molar-refractivity contribution >= 4 is 23.8 Å². The van der Waals surface area contributed by atoms with Crippen molar-refractivity contribution in [2.24, 2.45) is 4.99 Å². The summed E-state index contributed by atoms with van der Waals surface area (Å²) in [7, 11) is 0. The molecule has 0 aromatic heterocycles. The molecule has 1 amide bonds. The van der Waals surface area contributed by atoms with E-state index in [1.807, 2.05) is 0 Å². The third-order valence-electron chi connectivity index (χ3n) is 2.88. The predicted molar refractivity (Wildman–Crippen MR) is 73.2 cm³/mol. The minimum atomic E-state index is -0.957. The maximum atomic E-state index is 12.1. The van der Waals surface area contributed by atoms with E-state index in [9.17, 15) is 14.7 Å². The zero-order valence-corrected chi connectivity index (χ0v) is 10.9. The van der Waals surface area contributed by atoms with Gasteiger partial charge in [-0.1, -0.05) is 12.1 Å². The average Bonchev–Trinajstić information content (AvgIpc) is 2.65. The van der Waals surface area contributed by atoms with E-state index in [2.05, 4.69) is 4.99 Å². The molecule has 0 spiro atoms. The number of hydrogen-bond acceptors (Lipinski definition) is 4. The van der Waals surface area contributed by atoms with E-state index in [0.717, 1.165) is 5.56 Å². The van der Waals surface area contributed by atoms with Crippen LogP contribution in [0.5, 0.6) is 5.75 Å². The van der Waals surface area contributed by atoms with Crippen molar-refractivity contribution in [1.29, 1.82) is 0 Å². The standard InChI is InChI=1S/C14H14N2O4/c1-9-15-12(8-10-2-4-11(17)5-3-10)14(20)16(9)7-6-13(18)19/h2-5,8,17H,6-7H2,1H3,(H,18,19)/b12-8-. The summed E-state index contributed by atoms with van der Waals surface area (Å²) in [4.78, 5) is 28.2. The molecule has 6 heteroatoms. The summed E-state index contributed by atoms with van der Waals surface area (Å²) in [6, 6.07) is 6.37. The monoisotopic (exact) mass is 274 g/mol. The summed E-state index contributed by atoms with van der Waals surface area (Å²) in [6.45, 7) is 1.77. The van der Waals surface area contributed by atoms with Crippen molar-refractivity contribution < 1.29 is 19.8 Å². The van der Waals surface area contributed by atoms with Crippen LogP contribution in [0, 0.1) is 0 Å². The Balaban J connectivity index is 2.17. The van der Waals surface area contributed by atoms with Gasteiger partial charge in [0.1, 0.15) is 17.3 Å². The molecule has 1 aliphatic heterocycles. The maximum Gasteiger partial charge on any atom is 0.305 e. The van der Waals surface area contributed by atoms with Gasteiger partial charge in [-0.25, -0.2) is 4.99 Å². The van der Waals surface area contributed by atoms with E-state index in [4.69, 9.17) is 5.11 Å². The van der Waals surface area contributed by atoms with E-state index in [1.165, 1.54) is 17.0 Å². The topological polar surface area (TPSA) is 90.2 Å². The molecule has 1 heterocycles. The van der Waals surface area contributed by atoms with E-state index in [0.29, 0.717) is 5.84 Å². The van der Waals surface area contributed by atoms with Gasteiger partial charge in [0.25, 0.3) is 5.91 Å². The summed E-state index contributed by atoms with van der Waals surface area (Å²) >= 11 is 0. The van der Waals surface area contributed by atoms with Gasteiger partial charge in [-0.05, 0) is 30.7 Å². The molecule has 0 atom stereocenters. The van der Waals surface area contributed by atoms with Gasteiger partial charge < -0.3 is 10.2 Å². The quantitative estimate of drug-likeness (QED) is 0.813. The molecule has 0 radical (unpaired) electrons. The van der Waals surface area contributed by atoms with Crippen molar-refractivity contribution in [3.8, 4) is 5.75 Å². The highest BCUT2D eigenvalue weighted by atomic mass is 16.4. The predicted octanol–water partition coefficient (Wildman–Crippen LogP) is 1.47. The number of carbonyl (C=O) groups excluding carboxylic acids is 1. The molecule has 1 aliphatic rings. The minimum absolute atomic E-state index is 0.108. The van der Waals surface area contributed by atoms with Crippen LogP contribution in [0.3, 0.4) is 0 Å². The van der Waals surface area contributed by atoms with Crippen molar-refractivity contribution in [2.75, 3.05) is 6.54 Å². The molecular weight excluding hydrogens is 260 g/mol. The van der Waals surface area contributed by atoms with Gasteiger partial charge in [-0.3, -0.25) is 14.5 Å². The third-order valence-corrected chi connectivity index (χ3v) is 2.88. The number of aliphatic imine (C=N–C) groups is 1. The molecule has 0 saturated carbocycles. The second-order valence-corrected chi connectivity index (χ2v) is 4.38. The maximum absolute atomic E-state index is 12.1. The summed E-state index contributed by atoms with van der Waals surface area (Å²) in [5.74, 6) is -0.632. The lowest BCUT2D eigenvalue weighted by molar-refractivity contribution is -0.137. The van der Waals surface area contributed by atoms with E-state index >= 15 is 0 Å². The molecule has 0 bridgehead atoms. The number of aromatic hydroxyl groups is 1. The number of amidine groups is 1. The van der Waals surface area contributed by atoms with E-state index in [1.54, 1.807) is 25.1 Å². The summed E-state index contributed by atoms with van der Waals surface area (Å²) in [6.07, 6.45) is 1.48. The Morgan fingerprint density at radius 1 is 1.35 bits per heavy atom. The van der Waals surface area contributed by atoms with Gasteiger partial charge in [-0.15, -0.1) is 0 Å². The third kappa shape index (κ3) is 3.03. The second kappa shape index (κ2) is 5.56. The van der Waals surface area contributed by atoms with Crippen molar-refractivity contribution in [3.05, 3.63) is 35.5 Å². The molecule has 0 aliphatic carbocycles. The van der Waals surface area contributed by atoms with Crippen molar-refractivity contribution in [2.45, 2.75) is 13.3 Å². The number of carbonyl (C=O) groups is 2. The summed E-state index contributed by atoms with van der Waals surface area (Å²) in [5, 5.41) is 17.9. The Morgan fingerprint density at radius 3 is 2.60 bits per heavy atom. The lowest BCUT2D eigenvalue weighted by Gasteiger charge is -2.13. The first-order chi connectivity index (χ1) is 9.47. The molecule has 0 saturated heterocycles. The van der Waals surface area contributed by atoms with Crippen LogP contribution in [0.2, 0.25) is 0 Å². The molecule has 0 unspecified atom stereocenters. The zero-order chi connectivity index (χ0) is 14.7. The lowest BCUT2D eigenvalue weighted by Crippen LogP contribution is -2.32. The Hall–Kier alpha value is -2.63. The van der Waals surface area contributed by atoms with Crippen molar-refractivity contribution in [3.63, 3.8) is 0 Å². The number of carboxylic acids is 1. The first-order valence-electron chi connectivity index (χ1n) is 6.07. The molecular formula is C14H14N2O4. The van der Waals surface area contributed by atoms with Gasteiger partial charge in [0.2, 0.25) is 0 Å². The minimum Gasteiger partial charge on any atom is -0.508 e. The smallest absolute Gasteiger partial charge is 0.305 e. The van der Waals surface area contributed by atoms with Crippen LogP contribution in [0.25, 0.3) is 6.08 Å². The van der Waals surface area contributed by atoms with Crippen LogP contribution >= 0.6 is 0 Å². The van der Waals surface area contributed by atoms with E-state index in [-0.39, 0.29) is 30.3 Å². The molecule has 0 fully saturated rings. The first kappa shape index (κ1) is 13.8. The van der Waals surface area contributed by atoms with Crippen LogP contribution in [0.1, 0.15) is 18.9 Å². The number of benzene rings is 1. The number of aliphatic carboxylic acids is 1. The second-order valence-electron chi connectivity index (χ2n) is 4.38. The van der Waals surface area contributed by atoms with Gasteiger partial charge in [-0.2, -0.15) is 0 Å². The number of phenols is 1. The first-order valence-corrected chi connectivity index (χ1v) is 6.07. The molecule has 1 aromatic rings. The fourth-order valence-electron chi connectivity index (χ4n) is 1.86. The molecule has 2 N–H and O–H groups in total. The van der Waals surface area contributed by atoms with Gasteiger partial charge in [0.15, 0.2) is 0 Å². The van der Waals surface area contributed by atoms with Crippen LogP contribution in [0.15, 0.2) is 35.0 Å². The number of nitrogens with zero attached hydrogens (tertiary/aromatic N) is 2. The summed E-state index contributed by atoms with van der Waals surface area (Å²) < 4.78 is 0. The number of amides is 1. The SMILES string of the molecule is CC1=N/C(=C\c2ccc(O)cc2)C(=O)N1CCC(=O)O. The molecule has 20 heavy (non-hydrogen) atoms. The van der Waals surface area contributed by atoms with Gasteiger partial charge in [0, 0.05) is 6.54 Å². The van der Waals surface area contributed by atoms with Crippen molar-refractivity contribution in [1.82, 2.24) is 4.90 Å². The Morgan fingerprint density at radius 2 is 2.00 bits per heavy atom. The van der Waals surface area contributed by atoms with Gasteiger partial charge >= 0.3 is 5.97 Å². The van der Waals surface area contributed by atoms with Gasteiger partial charge in [0.05, 0.1) is 6.42 Å². The molecule has 6 nitrogen and oxygen atoms in total. The highest BCUT2D eigenvalue weighted by molar-refractivity contribution is 6.13. The highest BCUT2D eigenvalue weighted by Gasteiger charge is 2.27. The lowest BCUT2D eigenvalue weighted by atomic mass is 10.2. The Kier molecular flexibility index (Phi) is 3.84. The number of carboxylic acid groups (broad SMARTS) is 1. The summed E-state index contributed by atoms with van der Waals surface area (Å²) in [5.41, 5.74) is 1.00. The number of rotatable bonds is 4. The fourth-order valence-corrected chi connectivity index (χ4v) is 1.86. The largest absolute Gasteiger partial charge is 0.508 e. The van der Waals surface area contributed by atoms with Crippen LogP contribution < -0.4 is 0 Å². The van der Waals surface area contributed by atoms with Crippen LogP contribution in [0.4, 0.5) is 0 Å². The Labute approximate surface area is 115 Å². The Bertz CT molecular complexity index is 602. The zero-order valence-electron chi connectivity index (χ0n) is 10.9. The molecule has 104 valence electrons. The number of phenolic OH excluding ortho intramolecular Hbond substituents is 1. The average molecular weight is 274 g/mol.